The molecule has 18 heavy (non-hydrogen) atoms. The first-order chi connectivity index (χ1) is 8.88. The van der Waals surface area contributed by atoms with Gasteiger partial charge >= 0.3 is 0 Å². The molecule has 2 aromatic rings. The molecule has 0 spiro atoms. The summed E-state index contributed by atoms with van der Waals surface area (Å²) in [5, 5.41) is 3.28. The Morgan fingerprint density at radius 3 is 3.06 bits per heavy atom. The van der Waals surface area contributed by atoms with Crippen LogP contribution in [-0.2, 0) is 6.42 Å². The number of fused-ring (bicyclic) bond motifs is 1. The van der Waals surface area contributed by atoms with Crippen molar-refractivity contribution in [2.24, 2.45) is 0 Å². The maximum atomic E-state index is 5.52. The second-order valence-corrected chi connectivity index (χ2v) is 4.32. The molecule has 0 saturated carbocycles. The fourth-order valence-electron chi connectivity index (χ4n) is 2.33. The summed E-state index contributed by atoms with van der Waals surface area (Å²) in [6.45, 7) is 0.786. The molecular weight excluding hydrogens is 226 g/mol. The summed E-state index contributed by atoms with van der Waals surface area (Å²) in [6.07, 6.45) is 6.19. The number of ether oxygens (including phenoxy) is 1. The summed E-state index contributed by atoms with van der Waals surface area (Å²) < 4.78 is 5.52. The SMILES string of the molecule is CNC(c1ccc2c(c1)CCO2)c1cnccn1. The average Bonchev–Trinajstić information content (AvgIpc) is 2.88. The number of hydrogen-bond acceptors (Lipinski definition) is 4. The van der Waals surface area contributed by atoms with Crippen LogP contribution < -0.4 is 10.1 Å². The number of rotatable bonds is 3. The fraction of sp³-hybridized carbons (Fsp3) is 0.286. The Labute approximate surface area is 106 Å². The second kappa shape index (κ2) is 4.74. The number of benzene rings is 1. The summed E-state index contributed by atoms with van der Waals surface area (Å²) >= 11 is 0. The van der Waals surface area contributed by atoms with E-state index in [-0.39, 0.29) is 6.04 Å². The van der Waals surface area contributed by atoms with E-state index in [9.17, 15) is 0 Å². The van der Waals surface area contributed by atoms with Crippen molar-refractivity contribution < 1.29 is 4.74 Å². The molecule has 4 heteroatoms. The maximum Gasteiger partial charge on any atom is 0.122 e. The van der Waals surface area contributed by atoms with Gasteiger partial charge in [-0.2, -0.15) is 0 Å². The molecule has 0 bridgehead atoms. The lowest BCUT2D eigenvalue weighted by atomic mass is 10.0. The topological polar surface area (TPSA) is 47.0 Å². The predicted molar refractivity (Wildman–Crippen MR) is 68.6 cm³/mol. The second-order valence-electron chi connectivity index (χ2n) is 4.32. The van der Waals surface area contributed by atoms with Crippen molar-refractivity contribution in [3.05, 3.63) is 53.6 Å². The zero-order chi connectivity index (χ0) is 12.4. The summed E-state index contributed by atoms with van der Waals surface area (Å²) in [5.41, 5.74) is 3.40. The lowest BCUT2D eigenvalue weighted by Gasteiger charge is -2.16. The molecule has 1 aromatic carbocycles. The van der Waals surface area contributed by atoms with Crippen LogP contribution in [0.5, 0.6) is 5.75 Å². The van der Waals surface area contributed by atoms with E-state index in [1.54, 1.807) is 18.6 Å². The van der Waals surface area contributed by atoms with Crippen LogP contribution >= 0.6 is 0 Å². The van der Waals surface area contributed by atoms with E-state index >= 15 is 0 Å². The Morgan fingerprint density at radius 1 is 1.33 bits per heavy atom. The Morgan fingerprint density at radius 2 is 2.28 bits per heavy atom. The molecule has 0 saturated heterocycles. The van der Waals surface area contributed by atoms with Crippen LogP contribution in [0.15, 0.2) is 36.8 Å². The first-order valence-corrected chi connectivity index (χ1v) is 6.07. The zero-order valence-electron chi connectivity index (χ0n) is 10.3. The van der Waals surface area contributed by atoms with Gasteiger partial charge < -0.3 is 10.1 Å². The first-order valence-electron chi connectivity index (χ1n) is 6.07. The van der Waals surface area contributed by atoms with Crippen molar-refractivity contribution in [3.63, 3.8) is 0 Å². The molecule has 1 aliphatic rings. The van der Waals surface area contributed by atoms with Gasteiger partial charge in [0.25, 0.3) is 0 Å². The predicted octanol–water partition coefficient (Wildman–Crippen LogP) is 1.72. The highest BCUT2D eigenvalue weighted by Gasteiger charge is 2.18. The molecule has 92 valence electrons. The van der Waals surface area contributed by atoms with Crippen LogP contribution in [-0.4, -0.2) is 23.6 Å². The van der Waals surface area contributed by atoms with E-state index in [2.05, 4.69) is 27.4 Å². The van der Waals surface area contributed by atoms with Gasteiger partial charge in [-0.15, -0.1) is 0 Å². The minimum absolute atomic E-state index is 0.0737. The van der Waals surface area contributed by atoms with E-state index < -0.39 is 0 Å². The van der Waals surface area contributed by atoms with Crippen molar-refractivity contribution in [2.75, 3.05) is 13.7 Å². The summed E-state index contributed by atoms with van der Waals surface area (Å²) in [4.78, 5) is 8.49. The monoisotopic (exact) mass is 241 g/mol. The Kier molecular flexibility index (Phi) is 2.94. The molecular formula is C14H15N3O. The average molecular weight is 241 g/mol. The van der Waals surface area contributed by atoms with Crippen molar-refractivity contribution in [2.45, 2.75) is 12.5 Å². The third kappa shape index (κ3) is 1.95. The van der Waals surface area contributed by atoms with Gasteiger partial charge in [0, 0.05) is 18.8 Å². The van der Waals surface area contributed by atoms with Crippen LogP contribution in [0.25, 0.3) is 0 Å². The summed E-state index contributed by atoms with van der Waals surface area (Å²) in [6, 6.07) is 6.39. The molecule has 0 aliphatic carbocycles. The van der Waals surface area contributed by atoms with Crippen molar-refractivity contribution in [1.29, 1.82) is 0 Å². The molecule has 1 unspecified atom stereocenters. The number of nitrogens with one attached hydrogen (secondary N) is 1. The van der Waals surface area contributed by atoms with E-state index in [1.165, 1.54) is 11.1 Å². The van der Waals surface area contributed by atoms with Crippen LogP contribution in [0.1, 0.15) is 22.9 Å². The number of aromatic nitrogens is 2. The van der Waals surface area contributed by atoms with Crippen molar-refractivity contribution in [1.82, 2.24) is 15.3 Å². The molecule has 4 nitrogen and oxygen atoms in total. The zero-order valence-corrected chi connectivity index (χ0v) is 10.3. The molecule has 1 N–H and O–H groups in total. The smallest absolute Gasteiger partial charge is 0.122 e. The van der Waals surface area contributed by atoms with Crippen LogP contribution in [0, 0.1) is 0 Å². The maximum absolute atomic E-state index is 5.52. The summed E-state index contributed by atoms with van der Waals surface area (Å²) in [5.74, 6) is 1.01. The van der Waals surface area contributed by atoms with Gasteiger partial charge in [0.05, 0.1) is 24.5 Å². The van der Waals surface area contributed by atoms with Crippen LogP contribution in [0.4, 0.5) is 0 Å². The van der Waals surface area contributed by atoms with Gasteiger partial charge in [-0.05, 0) is 24.2 Å². The molecule has 0 amide bonds. The van der Waals surface area contributed by atoms with Crippen molar-refractivity contribution in [3.8, 4) is 5.75 Å². The molecule has 1 atom stereocenters. The highest BCUT2D eigenvalue weighted by molar-refractivity contribution is 5.42. The van der Waals surface area contributed by atoms with E-state index in [1.807, 2.05) is 13.1 Å². The van der Waals surface area contributed by atoms with Gasteiger partial charge in [-0.1, -0.05) is 12.1 Å². The van der Waals surface area contributed by atoms with E-state index in [0.29, 0.717) is 0 Å². The standard InChI is InChI=1S/C14H15N3O/c1-15-14(12-9-16-5-6-17-12)11-2-3-13-10(8-11)4-7-18-13/h2-3,5-6,8-9,14-15H,4,7H2,1H3. The minimum Gasteiger partial charge on any atom is -0.493 e. The third-order valence-corrected chi connectivity index (χ3v) is 3.21. The molecule has 0 radical (unpaired) electrons. The summed E-state index contributed by atoms with van der Waals surface area (Å²) in [7, 11) is 1.93. The lowest BCUT2D eigenvalue weighted by Crippen LogP contribution is -2.19. The van der Waals surface area contributed by atoms with Crippen LogP contribution in [0.3, 0.4) is 0 Å². The highest BCUT2D eigenvalue weighted by atomic mass is 16.5. The largest absolute Gasteiger partial charge is 0.493 e. The number of hydrogen-bond donors (Lipinski definition) is 1. The van der Waals surface area contributed by atoms with Crippen LogP contribution in [0.2, 0.25) is 0 Å². The first kappa shape index (κ1) is 11.2. The third-order valence-electron chi connectivity index (χ3n) is 3.21. The minimum atomic E-state index is 0.0737. The normalized spacial score (nSPS) is 14.9. The molecule has 0 fully saturated rings. The van der Waals surface area contributed by atoms with Gasteiger partial charge in [0.1, 0.15) is 5.75 Å². The molecule has 3 rings (SSSR count). The Balaban J connectivity index is 1.97. The van der Waals surface area contributed by atoms with Gasteiger partial charge in [-0.3, -0.25) is 9.97 Å². The van der Waals surface area contributed by atoms with E-state index in [0.717, 1.165) is 24.5 Å². The Bertz CT molecular complexity index is 542. The molecule has 2 heterocycles. The molecule has 1 aromatic heterocycles. The Hall–Kier alpha value is -1.94. The lowest BCUT2D eigenvalue weighted by molar-refractivity contribution is 0.357. The number of nitrogens with zero attached hydrogens (tertiary/aromatic N) is 2. The van der Waals surface area contributed by atoms with Gasteiger partial charge in [-0.25, -0.2) is 0 Å². The highest BCUT2D eigenvalue weighted by Crippen LogP contribution is 2.29. The van der Waals surface area contributed by atoms with E-state index in [4.69, 9.17) is 4.74 Å². The van der Waals surface area contributed by atoms with Gasteiger partial charge in [0.15, 0.2) is 0 Å². The van der Waals surface area contributed by atoms with Gasteiger partial charge in [0.2, 0.25) is 0 Å². The van der Waals surface area contributed by atoms with Crippen molar-refractivity contribution >= 4 is 0 Å². The molecule has 1 aliphatic heterocycles. The quantitative estimate of drug-likeness (QED) is 0.888. The fourth-order valence-corrected chi connectivity index (χ4v) is 2.33.